The highest BCUT2D eigenvalue weighted by Crippen LogP contribution is 2.14. The fourth-order valence-corrected chi connectivity index (χ4v) is 1.98. The first kappa shape index (κ1) is 17.0. The second kappa shape index (κ2) is 8.95. The molecule has 0 aromatic heterocycles. The van der Waals surface area contributed by atoms with Crippen LogP contribution in [0.3, 0.4) is 0 Å². The first-order valence-electron chi connectivity index (χ1n) is 7.02. The number of carbonyl (C=O) groups excluding carboxylic acids is 2. The number of ether oxygens (including phenoxy) is 2. The van der Waals surface area contributed by atoms with Crippen LogP contribution in [0, 0.1) is 0 Å². The summed E-state index contributed by atoms with van der Waals surface area (Å²) in [5.41, 5.74) is 0.640. The molecule has 0 heterocycles. The van der Waals surface area contributed by atoms with Gasteiger partial charge in [0, 0.05) is 10.2 Å². The minimum atomic E-state index is -0.480. The van der Waals surface area contributed by atoms with Crippen molar-refractivity contribution in [3.63, 3.8) is 0 Å². The zero-order chi connectivity index (χ0) is 16.5. The van der Waals surface area contributed by atoms with Gasteiger partial charge in [-0.15, -0.1) is 0 Å². The number of para-hydroxylation sites is 1. The molecule has 120 valence electrons. The number of halogens is 1. The maximum absolute atomic E-state index is 11.7. The molecule has 0 spiro atoms. The Morgan fingerprint density at radius 3 is 2.39 bits per heavy atom. The minimum absolute atomic E-state index is 0.0838. The topological polar surface area (TPSA) is 64.6 Å². The lowest BCUT2D eigenvalue weighted by molar-refractivity contribution is -0.147. The molecule has 1 amide bonds. The number of nitrogens with one attached hydrogen (secondary N) is 1. The van der Waals surface area contributed by atoms with Gasteiger partial charge in [-0.2, -0.15) is 0 Å². The van der Waals surface area contributed by atoms with Gasteiger partial charge in [-0.1, -0.05) is 34.1 Å². The molecule has 6 heteroatoms. The highest BCUT2D eigenvalue weighted by Gasteiger charge is 2.08. The van der Waals surface area contributed by atoms with Gasteiger partial charge in [0.2, 0.25) is 0 Å². The lowest BCUT2D eigenvalue weighted by Crippen LogP contribution is -2.21. The molecule has 0 aliphatic carbocycles. The molecule has 0 saturated heterocycles. The minimum Gasteiger partial charge on any atom is -0.493 e. The van der Waals surface area contributed by atoms with Gasteiger partial charge in [-0.25, -0.2) is 0 Å². The monoisotopic (exact) mass is 377 g/mol. The van der Waals surface area contributed by atoms with Crippen molar-refractivity contribution >= 4 is 33.5 Å². The number of hydrogen-bond donors (Lipinski definition) is 1. The fraction of sp³-hybridized carbons (Fsp3) is 0.176. The van der Waals surface area contributed by atoms with Gasteiger partial charge in [0.15, 0.2) is 6.61 Å². The lowest BCUT2D eigenvalue weighted by Gasteiger charge is -2.08. The molecule has 0 bridgehead atoms. The molecule has 5 nitrogen and oxygen atoms in total. The predicted octanol–water partition coefficient (Wildman–Crippen LogP) is 3.40. The Labute approximate surface area is 142 Å². The summed E-state index contributed by atoms with van der Waals surface area (Å²) in [6, 6.07) is 16.3. The van der Waals surface area contributed by atoms with Crippen molar-refractivity contribution in [3.05, 3.63) is 59.1 Å². The third-order valence-electron chi connectivity index (χ3n) is 2.81. The van der Waals surface area contributed by atoms with E-state index >= 15 is 0 Å². The second-order valence-electron chi connectivity index (χ2n) is 4.63. The summed E-state index contributed by atoms with van der Waals surface area (Å²) in [6.45, 7) is -0.114. The summed E-state index contributed by atoms with van der Waals surface area (Å²) >= 11 is 3.31. The van der Waals surface area contributed by atoms with Crippen molar-refractivity contribution in [1.82, 2.24) is 0 Å². The third-order valence-corrected chi connectivity index (χ3v) is 3.34. The van der Waals surface area contributed by atoms with Gasteiger partial charge in [-0.05, 0) is 36.4 Å². The summed E-state index contributed by atoms with van der Waals surface area (Å²) in [7, 11) is 0. The molecule has 0 atom stereocenters. The van der Waals surface area contributed by atoms with E-state index in [1.54, 1.807) is 24.3 Å². The number of amides is 1. The Kier molecular flexibility index (Phi) is 6.62. The molecule has 0 aliphatic heterocycles. The Hall–Kier alpha value is -2.34. The molecular weight excluding hydrogens is 362 g/mol. The zero-order valence-corrected chi connectivity index (χ0v) is 13.9. The van der Waals surface area contributed by atoms with Crippen LogP contribution in [-0.2, 0) is 14.3 Å². The van der Waals surface area contributed by atoms with E-state index in [1.807, 2.05) is 30.3 Å². The van der Waals surface area contributed by atoms with Gasteiger partial charge in [-0.3, -0.25) is 9.59 Å². The number of esters is 1. The van der Waals surface area contributed by atoms with Crippen molar-refractivity contribution in [2.45, 2.75) is 6.42 Å². The molecule has 0 saturated carbocycles. The average molecular weight is 378 g/mol. The number of anilines is 1. The molecule has 0 aliphatic rings. The maximum Gasteiger partial charge on any atom is 0.309 e. The molecule has 0 unspecified atom stereocenters. The summed E-state index contributed by atoms with van der Waals surface area (Å²) in [6.07, 6.45) is 0.0838. The molecule has 23 heavy (non-hydrogen) atoms. The molecule has 2 aromatic rings. The average Bonchev–Trinajstić information content (AvgIpc) is 2.56. The quantitative estimate of drug-likeness (QED) is 0.751. The van der Waals surface area contributed by atoms with Crippen LogP contribution in [0.15, 0.2) is 59.1 Å². The van der Waals surface area contributed by atoms with E-state index in [9.17, 15) is 9.59 Å². The molecular formula is C17H16BrNO4. The Bertz CT molecular complexity index is 643. The summed E-state index contributed by atoms with van der Waals surface area (Å²) < 4.78 is 11.2. The Morgan fingerprint density at radius 1 is 1.00 bits per heavy atom. The van der Waals surface area contributed by atoms with Crippen LogP contribution >= 0.6 is 15.9 Å². The summed E-state index contributed by atoms with van der Waals surface area (Å²) in [4.78, 5) is 23.2. The fourth-order valence-electron chi connectivity index (χ4n) is 1.72. The second-order valence-corrected chi connectivity index (χ2v) is 5.54. The van der Waals surface area contributed by atoms with Crippen molar-refractivity contribution in [2.24, 2.45) is 0 Å². The molecule has 1 N–H and O–H groups in total. The summed E-state index contributed by atoms with van der Waals surface area (Å²) in [5.74, 6) is -0.176. The Morgan fingerprint density at radius 2 is 1.70 bits per heavy atom. The van der Waals surface area contributed by atoms with E-state index in [0.29, 0.717) is 11.4 Å². The lowest BCUT2D eigenvalue weighted by atomic mass is 10.3. The van der Waals surface area contributed by atoms with Crippen molar-refractivity contribution in [1.29, 1.82) is 0 Å². The first-order valence-corrected chi connectivity index (χ1v) is 7.81. The van der Waals surface area contributed by atoms with Gasteiger partial charge >= 0.3 is 5.97 Å². The zero-order valence-electron chi connectivity index (χ0n) is 12.3. The SMILES string of the molecule is O=C(COC(=O)CCOc1ccccc1)Nc1ccc(Br)cc1. The summed E-state index contributed by atoms with van der Waals surface area (Å²) in [5, 5.41) is 2.64. The first-order chi connectivity index (χ1) is 11.1. The Balaban J connectivity index is 1.63. The number of rotatable bonds is 7. The van der Waals surface area contributed by atoms with Crippen molar-refractivity contribution in [3.8, 4) is 5.75 Å². The normalized spacial score (nSPS) is 9.96. The molecule has 0 fully saturated rings. The van der Waals surface area contributed by atoms with E-state index in [0.717, 1.165) is 4.47 Å². The maximum atomic E-state index is 11.7. The van der Waals surface area contributed by atoms with Crippen molar-refractivity contribution < 1.29 is 19.1 Å². The van der Waals surface area contributed by atoms with Crippen LogP contribution in [0.5, 0.6) is 5.75 Å². The number of carbonyl (C=O) groups is 2. The predicted molar refractivity (Wildman–Crippen MR) is 90.3 cm³/mol. The van der Waals surface area contributed by atoms with Gasteiger partial charge in [0.05, 0.1) is 13.0 Å². The van der Waals surface area contributed by atoms with Crippen molar-refractivity contribution in [2.75, 3.05) is 18.5 Å². The van der Waals surface area contributed by atoms with E-state index in [4.69, 9.17) is 9.47 Å². The molecule has 2 aromatic carbocycles. The smallest absolute Gasteiger partial charge is 0.309 e. The third kappa shape index (κ3) is 6.52. The van der Waals surface area contributed by atoms with Crippen LogP contribution in [0.2, 0.25) is 0 Å². The number of hydrogen-bond acceptors (Lipinski definition) is 4. The van der Waals surface area contributed by atoms with E-state index in [-0.39, 0.29) is 25.5 Å². The van der Waals surface area contributed by atoms with E-state index < -0.39 is 5.97 Å². The van der Waals surface area contributed by atoms with Gasteiger partial charge in [0.25, 0.3) is 5.91 Å². The van der Waals surface area contributed by atoms with Crippen LogP contribution in [0.1, 0.15) is 6.42 Å². The molecule has 0 radical (unpaired) electrons. The standard InChI is InChI=1S/C17H16BrNO4/c18-13-6-8-14(9-7-13)19-16(20)12-23-17(21)10-11-22-15-4-2-1-3-5-15/h1-9H,10-12H2,(H,19,20). The van der Waals surface area contributed by atoms with E-state index in [2.05, 4.69) is 21.2 Å². The highest BCUT2D eigenvalue weighted by molar-refractivity contribution is 9.10. The van der Waals surface area contributed by atoms with Crippen LogP contribution in [-0.4, -0.2) is 25.1 Å². The van der Waals surface area contributed by atoms with Gasteiger partial charge in [0.1, 0.15) is 5.75 Å². The largest absolute Gasteiger partial charge is 0.493 e. The van der Waals surface area contributed by atoms with Gasteiger partial charge < -0.3 is 14.8 Å². The molecule has 2 rings (SSSR count). The van der Waals surface area contributed by atoms with Crippen LogP contribution in [0.25, 0.3) is 0 Å². The highest BCUT2D eigenvalue weighted by atomic mass is 79.9. The van der Waals surface area contributed by atoms with Crippen LogP contribution in [0.4, 0.5) is 5.69 Å². The van der Waals surface area contributed by atoms with Crippen LogP contribution < -0.4 is 10.1 Å². The van der Waals surface area contributed by atoms with E-state index in [1.165, 1.54) is 0 Å². The number of benzene rings is 2.